The van der Waals surface area contributed by atoms with Gasteiger partial charge in [0.15, 0.2) is 0 Å². The van der Waals surface area contributed by atoms with Crippen LogP contribution in [-0.2, 0) is 4.79 Å². The number of nitrogens with two attached hydrogens (primary N) is 1. The molecule has 1 saturated heterocycles. The predicted molar refractivity (Wildman–Crippen MR) is 62.9 cm³/mol. The highest BCUT2D eigenvalue weighted by Crippen LogP contribution is 2.29. The lowest BCUT2D eigenvalue weighted by molar-refractivity contribution is -0.147. The number of hydrogen-bond acceptors (Lipinski definition) is 3. The molecule has 0 spiro atoms. The van der Waals surface area contributed by atoms with Gasteiger partial charge in [-0.15, -0.1) is 0 Å². The lowest BCUT2D eigenvalue weighted by Crippen LogP contribution is -2.44. The number of hydrogen-bond donors (Lipinski definition) is 4. The lowest BCUT2D eigenvalue weighted by atomic mass is 9.90. The summed E-state index contributed by atoms with van der Waals surface area (Å²) in [6, 6.07) is -0.977. The van der Waals surface area contributed by atoms with Crippen LogP contribution in [0.5, 0.6) is 0 Å². The average molecular weight is 258 g/mol. The molecule has 0 aromatic rings. The van der Waals surface area contributed by atoms with Crippen LogP contribution >= 0.6 is 0 Å². The smallest absolute Gasteiger partial charge is 0.317 e. The van der Waals surface area contributed by atoms with Crippen molar-refractivity contribution < 1.29 is 19.5 Å². The molecule has 1 atom stereocenters. The number of aliphatic carboxylic acids is 1. The fraction of sp³-hybridized carbons (Fsp3) is 0.700. The van der Waals surface area contributed by atoms with E-state index in [0.29, 0.717) is 13.0 Å². The van der Waals surface area contributed by atoms with E-state index >= 15 is 0 Å². The van der Waals surface area contributed by atoms with Gasteiger partial charge in [-0.2, -0.15) is 0 Å². The number of nitrogens with one attached hydrogen (secondary N) is 2. The Morgan fingerprint density at radius 2 is 1.94 bits per heavy atom. The number of carboxylic acids is 1. The fourth-order valence-electron chi connectivity index (χ4n) is 1.78. The molecule has 8 heteroatoms. The molecule has 1 aliphatic rings. The van der Waals surface area contributed by atoms with Crippen molar-refractivity contribution >= 4 is 18.0 Å². The maximum atomic E-state index is 11.7. The summed E-state index contributed by atoms with van der Waals surface area (Å²) in [6.07, 6.45) is 0.440. The van der Waals surface area contributed by atoms with E-state index in [1.54, 1.807) is 6.92 Å². The second-order valence-corrected chi connectivity index (χ2v) is 4.56. The summed E-state index contributed by atoms with van der Waals surface area (Å²) in [4.78, 5) is 34.5. The highest BCUT2D eigenvalue weighted by molar-refractivity contribution is 5.79. The van der Waals surface area contributed by atoms with E-state index in [0.717, 1.165) is 0 Å². The third kappa shape index (κ3) is 3.51. The molecule has 0 radical (unpaired) electrons. The molecule has 18 heavy (non-hydrogen) atoms. The number of carbonyl (C=O) groups excluding carboxylic acids is 2. The molecule has 0 aromatic carbocycles. The second-order valence-electron chi connectivity index (χ2n) is 4.56. The van der Waals surface area contributed by atoms with E-state index < -0.39 is 17.4 Å². The molecule has 0 saturated carbocycles. The van der Waals surface area contributed by atoms with Gasteiger partial charge in [0.2, 0.25) is 0 Å². The monoisotopic (exact) mass is 258 g/mol. The van der Waals surface area contributed by atoms with Crippen LogP contribution < -0.4 is 16.4 Å². The maximum absolute atomic E-state index is 11.7. The molecule has 0 bridgehead atoms. The number of carboxylic acid groups (broad SMARTS) is 1. The summed E-state index contributed by atoms with van der Waals surface area (Å²) in [7, 11) is 0. The van der Waals surface area contributed by atoms with E-state index in [4.69, 9.17) is 10.8 Å². The zero-order valence-corrected chi connectivity index (χ0v) is 10.2. The van der Waals surface area contributed by atoms with E-state index in [9.17, 15) is 14.4 Å². The highest BCUT2D eigenvalue weighted by atomic mass is 16.4. The summed E-state index contributed by atoms with van der Waals surface area (Å²) >= 11 is 0. The van der Waals surface area contributed by atoms with Gasteiger partial charge < -0.3 is 26.4 Å². The molecular formula is C10H18N4O4. The number of carbonyl (C=O) groups is 3. The zero-order valence-electron chi connectivity index (χ0n) is 10.2. The fourth-order valence-corrected chi connectivity index (χ4v) is 1.78. The Hall–Kier alpha value is -1.99. The summed E-state index contributed by atoms with van der Waals surface area (Å²) in [5, 5.41) is 13.9. The van der Waals surface area contributed by atoms with Crippen LogP contribution in [0, 0.1) is 5.41 Å². The van der Waals surface area contributed by atoms with Crippen molar-refractivity contribution in [1.82, 2.24) is 15.5 Å². The molecule has 1 rings (SSSR count). The number of nitrogens with zero attached hydrogens (tertiary/aromatic N) is 1. The first kappa shape index (κ1) is 14.1. The minimum atomic E-state index is -0.895. The van der Waals surface area contributed by atoms with Crippen molar-refractivity contribution in [1.29, 1.82) is 0 Å². The normalized spacial score (nSPS) is 22.6. The van der Waals surface area contributed by atoms with Gasteiger partial charge in [0.05, 0.1) is 5.41 Å². The molecule has 1 heterocycles. The summed E-state index contributed by atoms with van der Waals surface area (Å²) in [5.41, 5.74) is 3.99. The second kappa shape index (κ2) is 5.56. The van der Waals surface area contributed by atoms with E-state index in [1.807, 2.05) is 0 Å². The van der Waals surface area contributed by atoms with Gasteiger partial charge in [0, 0.05) is 26.2 Å². The molecule has 4 amide bonds. The third-order valence-electron chi connectivity index (χ3n) is 2.98. The van der Waals surface area contributed by atoms with Crippen molar-refractivity contribution in [3.05, 3.63) is 0 Å². The van der Waals surface area contributed by atoms with Gasteiger partial charge in [0.1, 0.15) is 0 Å². The first-order chi connectivity index (χ1) is 8.35. The predicted octanol–water partition coefficient (Wildman–Crippen LogP) is -0.839. The Morgan fingerprint density at radius 3 is 2.44 bits per heavy atom. The third-order valence-corrected chi connectivity index (χ3v) is 2.98. The Labute approximate surface area is 104 Å². The van der Waals surface area contributed by atoms with Crippen LogP contribution in [0.25, 0.3) is 0 Å². The minimum Gasteiger partial charge on any atom is -0.481 e. The van der Waals surface area contributed by atoms with Crippen molar-refractivity contribution in [3.8, 4) is 0 Å². The van der Waals surface area contributed by atoms with Crippen molar-refractivity contribution in [2.24, 2.45) is 11.1 Å². The Bertz CT molecular complexity index is 360. The number of likely N-dealkylation sites (tertiary alicyclic amines) is 1. The van der Waals surface area contributed by atoms with E-state index in [-0.39, 0.29) is 25.7 Å². The number of primary amides is 1. The van der Waals surface area contributed by atoms with Crippen LogP contribution in [0.4, 0.5) is 9.59 Å². The van der Waals surface area contributed by atoms with Crippen molar-refractivity contribution in [2.45, 2.75) is 13.3 Å². The summed E-state index contributed by atoms with van der Waals surface area (Å²) in [5.74, 6) is -0.895. The summed E-state index contributed by atoms with van der Waals surface area (Å²) in [6.45, 7) is 2.72. The number of urea groups is 2. The molecular weight excluding hydrogens is 240 g/mol. The largest absolute Gasteiger partial charge is 0.481 e. The molecule has 102 valence electrons. The molecule has 1 unspecified atom stereocenters. The van der Waals surface area contributed by atoms with Crippen LogP contribution in [0.3, 0.4) is 0 Å². The topological polar surface area (TPSA) is 125 Å². The van der Waals surface area contributed by atoms with Gasteiger partial charge in [-0.1, -0.05) is 0 Å². The Balaban J connectivity index is 2.32. The SMILES string of the molecule is CC1(C(=O)O)CCN(C(=O)NCCNC(N)=O)C1. The minimum absolute atomic E-state index is 0.192. The van der Waals surface area contributed by atoms with Crippen molar-refractivity contribution in [3.63, 3.8) is 0 Å². The molecule has 0 aromatic heterocycles. The molecule has 1 fully saturated rings. The zero-order chi connectivity index (χ0) is 13.8. The van der Waals surface area contributed by atoms with Gasteiger partial charge in [-0.05, 0) is 13.3 Å². The lowest BCUT2D eigenvalue weighted by Gasteiger charge is -2.20. The number of amides is 4. The van der Waals surface area contributed by atoms with Crippen LogP contribution in [0.2, 0.25) is 0 Å². The van der Waals surface area contributed by atoms with Gasteiger partial charge in [0.25, 0.3) is 0 Å². The van der Waals surface area contributed by atoms with Gasteiger partial charge in [-0.25, -0.2) is 9.59 Å². The standard InChI is InChI=1S/C10H18N4O4/c1-10(7(15)16)2-5-14(6-10)9(18)13-4-3-12-8(11)17/h2-6H2,1H3,(H,13,18)(H,15,16)(H3,11,12,17). The number of rotatable bonds is 4. The Kier molecular flexibility index (Phi) is 4.35. The van der Waals surface area contributed by atoms with E-state index in [2.05, 4.69) is 10.6 Å². The van der Waals surface area contributed by atoms with Crippen LogP contribution in [0.1, 0.15) is 13.3 Å². The average Bonchev–Trinajstić information content (AvgIpc) is 2.68. The first-order valence-electron chi connectivity index (χ1n) is 5.64. The van der Waals surface area contributed by atoms with E-state index in [1.165, 1.54) is 4.90 Å². The maximum Gasteiger partial charge on any atom is 0.317 e. The van der Waals surface area contributed by atoms with Crippen LogP contribution in [0.15, 0.2) is 0 Å². The molecule has 0 aliphatic carbocycles. The van der Waals surface area contributed by atoms with Gasteiger partial charge >= 0.3 is 18.0 Å². The first-order valence-corrected chi connectivity index (χ1v) is 5.64. The molecule has 5 N–H and O–H groups in total. The van der Waals surface area contributed by atoms with Gasteiger partial charge in [-0.3, -0.25) is 4.79 Å². The Morgan fingerprint density at radius 1 is 1.33 bits per heavy atom. The molecule has 1 aliphatic heterocycles. The quantitative estimate of drug-likeness (QED) is 0.491. The molecule has 8 nitrogen and oxygen atoms in total. The van der Waals surface area contributed by atoms with Crippen molar-refractivity contribution in [2.75, 3.05) is 26.2 Å². The highest BCUT2D eigenvalue weighted by Gasteiger charge is 2.42. The van der Waals surface area contributed by atoms with Crippen LogP contribution in [-0.4, -0.2) is 54.2 Å². The summed E-state index contributed by atoms with van der Waals surface area (Å²) < 4.78 is 0.